The summed E-state index contributed by atoms with van der Waals surface area (Å²) in [7, 11) is 0. The normalized spacial score (nSPS) is 11.0. The van der Waals surface area contributed by atoms with E-state index < -0.39 is 0 Å². The predicted molar refractivity (Wildman–Crippen MR) is 97.3 cm³/mol. The van der Waals surface area contributed by atoms with Gasteiger partial charge in [-0.3, -0.25) is 0 Å². The van der Waals surface area contributed by atoms with Crippen molar-refractivity contribution in [1.82, 2.24) is 0 Å². The molecule has 1 heteroatoms. The van der Waals surface area contributed by atoms with Crippen molar-refractivity contribution in [3.63, 3.8) is 0 Å². The third-order valence-electron chi connectivity index (χ3n) is 4.24. The van der Waals surface area contributed by atoms with Crippen molar-refractivity contribution >= 4 is 21.5 Å². The van der Waals surface area contributed by atoms with Gasteiger partial charge < -0.3 is 4.74 Å². The molecule has 0 fully saturated rings. The van der Waals surface area contributed by atoms with E-state index in [1.807, 2.05) is 12.1 Å². The van der Waals surface area contributed by atoms with Gasteiger partial charge in [0.1, 0.15) is 11.5 Å². The van der Waals surface area contributed by atoms with Crippen LogP contribution >= 0.6 is 0 Å². The van der Waals surface area contributed by atoms with Crippen LogP contribution in [0.1, 0.15) is 12.5 Å². The molecule has 112 valence electrons. The molecule has 23 heavy (non-hydrogen) atoms. The van der Waals surface area contributed by atoms with Gasteiger partial charge in [-0.2, -0.15) is 0 Å². The molecule has 0 aliphatic rings. The molecule has 0 bridgehead atoms. The standard InChI is InChI=1S/C22H18O/c1-2-16-7-8-18-10-12-22(15-20(18)13-16)23-21-11-9-17-5-3-4-6-19(17)14-21/h3-15H,2H2,1H3. The van der Waals surface area contributed by atoms with Gasteiger partial charge in [0.15, 0.2) is 0 Å². The molecule has 0 atom stereocenters. The molecule has 0 amide bonds. The molecule has 0 N–H and O–H groups in total. The van der Waals surface area contributed by atoms with Crippen LogP contribution in [0.3, 0.4) is 0 Å². The first-order valence-electron chi connectivity index (χ1n) is 8.01. The minimum Gasteiger partial charge on any atom is -0.457 e. The van der Waals surface area contributed by atoms with Crippen LogP contribution in [0.5, 0.6) is 11.5 Å². The first-order valence-corrected chi connectivity index (χ1v) is 8.01. The summed E-state index contributed by atoms with van der Waals surface area (Å²) in [5.41, 5.74) is 1.35. The van der Waals surface area contributed by atoms with Gasteiger partial charge >= 0.3 is 0 Å². The fraction of sp³-hybridized carbons (Fsp3) is 0.0909. The van der Waals surface area contributed by atoms with E-state index in [4.69, 9.17) is 4.74 Å². The lowest BCUT2D eigenvalue weighted by atomic mass is 10.1. The Labute approximate surface area is 136 Å². The molecule has 0 radical (unpaired) electrons. The highest BCUT2D eigenvalue weighted by atomic mass is 16.5. The second kappa shape index (κ2) is 5.77. The SMILES string of the molecule is CCc1ccc2ccc(Oc3ccc4ccccc4c3)cc2c1. The summed E-state index contributed by atoms with van der Waals surface area (Å²) in [6, 6.07) is 27.4. The molecule has 0 aliphatic heterocycles. The predicted octanol–water partition coefficient (Wildman–Crippen LogP) is 6.35. The lowest BCUT2D eigenvalue weighted by molar-refractivity contribution is 0.484. The molecule has 0 saturated carbocycles. The van der Waals surface area contributed by atoms with E-state index in [-0.39, 0.29) is 0 Å². The maximum atomic E-state index is 6.07. The van der Waals surface area contributed by atoms with E-state index in [1.54, 1.807) is 0 Å². The summed E-state index contributed by atoms with van der Waals surface area (Å²) < 4.78 is 6.07. The molecule has 0 unspecified atom stereocenters. The summed E-state index contributed by atoms with van der Waals surface area (Å²) in [5.74, 6) is 1.75. The Morgan fingerprint density at radius 2 is 1.22 bits per heavy atom. The third kappa shape index (κ3) is 2.78. The zero-order valence-electron chi connectivity index (χ0n) is 13.1. The van der Waals surface area contributed by atoms with Crippen LogP contribution in [0, 0.1) is 0 Å². The van der Waals surface area contributed by atoms with E-state index in [0.717, 1.165) is 17.9 Å². The Morgan fingerprint density at radius 1 is 0.609 bits per heavy atom. The first kappa shape index (κ1) is 13.8. The van der Waals surface area contributed by atoms with Gasteiger partial charge in [0.2, 0.25) is 0 Å². The zero-order chi connectivity index (χ0) is 15.6. The van der Waals surface area contributed by atoms with Crippen molar-refractivity contribution in [3.8, 4) is 11.5 Å². The topological polar surface area (TPSA) is 9.23 Å². The average molecular weight is 298 g/mol. The Morgan fingerprint density at radius 3 is 1.96 bits per heavy atom. The van der Waals surface area contributed by atoms with E-state index in [2.05, 4.69) is 73.7 Å². The van der Waals surface area contributed by atoms with E-state index in [0.29, 0.717) is 0 Å². The maximum absolute atomic E-state index is 6.07. The number of aryl methyl sites for hydroxylation is 1. The Bertz CT molecular complexity index is 985. The minimum atomic E-state index is 0.870. The van der Waals surface area contributed by atoms with Crippen LogP contribution in [-0.4, -0.2) is 0 Å². The highest BCUT2D eigenvalue weighted by molar-refractivity contribution is 5.85. The summed E-state index contributed by atoms with van der Waals surface area (Å²) >= 11 is 0. The van der Waals surface area contributed by atoms with Crippen LogP contribution in [0.25, 0.3) is 21.5 Å². The molecular formula is C22H18O. The van der Waals surface area contributed by atoms with Gasteiger partial charge in [0, 0.05) is 0 Å². The Balaban J connectivity index is 1.70. The fourth-order valence-electron chi connectivity index (χ4n) is 2.92. The van der Waals surface area contributed by atoms with Crippen LogP contribution in [-0.2, 0) is 6.42 Å². The number of rotatable bonds is 3. The number of hydrogen-bond donors (Lipinski definition) is 0. The number of hydrogen-bond acceptors (Lipinski definition) is 1. The smallest absolute Gasteiger partial charge is 0.128 e. The monoisotopic (exact) mass is 298 g/mol. The zero-order valence-corrected chi connectivity index (χ0v) is 13.1. The van der Waals surface area contributed by atoms with Crippen molar-refractivity contribution in [2.75, 3.05) is 0 Å². The van der Waals surface area contributed by atoms with Crippen molar-refractivity contribution in [2.45, 2.75) is 13.3 Å². The van der Waals surface area contributed by atoms with Crippen molar-refractivity contribution in [3.05, 3.63) is 84.4 Å². The van der Waals surface area contributed by atoms with Gasteiger partial charge in [-0.15, -0.1) is 0 Å². The lowest BCUT2D eigenvalue weighted by Crippen LogP contribution is -1.86. The molecule has 1 nitrogen and oxygen atoms in total. The molecule has 0 heterocycles. The molecule has 0 aromatic heterocycles. The molecule has 0 saturated heterocycles. The third-order valence-corrected chi connectivity index (χ3v) is 4.24. The summed E-state index contributed by atoms with van der Waals surface area (Å²) in [4.78, 5) is 0. The summed E-state index contributed by atoms with van der Waals surface area (Å²) in [6.45, 7) is 2.18. The quantitative estimate of drug-likeness (QED) is 0.428. The van der Waals surface area contributed by atoms with Crippen molar-refractivity contribution < 1.29 is 4.74 Å². The molecule has 0 spiro atoms. The van der Waals surface area contributed by atoms with Gasteiger partial charge in [-0.25, -0.2) is 0 Å². The van der Waals surface area contributed by atoms with Crippen LogP contribution in [0.2, 0.25) is 0 Å². The lowest BCUT2D eigenvalue weighted by Gasteiger charge is -2.09. The molecule has 0 aliphatic carbocycles. The fourth-order valence-corrected chi connectivity index (χ4v) is 2.92. The number of fused-ring (bicyclic) bond motifs is 2. The molecular weight excluding hydrogens is 280 g/mol. The van der Waals surface area contributed by atoms with Crippen LogP contribution in [0.4, 0.5) is 0 Å². The molecule has 4 aromatic rings. The number of benzene rings is 4. The maximum Gasteiger partial charge on any atom is 0.128 e. The summed E-state index contributed by atoms with van der Waals surface area (Å²) in [5, 5.41) is 4.89. The largest absolute Gasteiger partial charge is 0.457 e. The highest BCUT2D eigenvalue weighted by Gasteiger charge is 2.02. The van der Waals surface area contributed by atoms with Crippen LogP contribution < -0.4 is 4.74 Å². The second-order valence-electron chi connectivity index (χ2n) is 5.81. The van der Waals surface area contributed by atoms with Crippen LogP contribution in [0.15, 0.2) is 78.9 Å². The van der Waals surface area contributed by atoms with Gasteiger partial charge in [-0.1, -0.05) is 61.5 Å². The Kier molecular flexibility index (Phi) is 3.47. The Hall–Kier alpha value is -2.80. The van der Waals surface area contributed by atoms with Gasteiger partial charge in [-0.05, 0) is 57.8 Å². The van der Waals surface area contributed by atoms with E-state index >= 15 is 0 Å². The second-order valence-corrected chi connectivity index (χ2v) is 5.81. The van der Waals surface area contributed by atoms with E-state index in [9.17, 15) is 0 Å². The number of ether oxygens (including phenoxy) is 1. The average Bonchev–Trinajstić information content (AvgIpc) is 2.61. The minimum absolute atomic E-state index is 0.870. The molecule has 4 rings (SSSR count). The highest BCUT2D eigenvalue weighted by Crippen LogP contribution is 2.28. The van der Waals surface area contributed by atoms with E-state index in [1.165, 1.54) is 27.1 Å². The van der Waals surface area contributed by atoms with Gasteiger partial charge in [0.25, 0.3) is 0 Å². The first-order chi connectivity index (χ1) is 11.3. The summed E-state index contributed by atoms with van der Waals surface area (Å²) in [6.07, 6.45) is 1.05. The van der Waals surface area contributed by atoms with Gasteiger partial charge in [0.05, 0.1) is 0 Å². The molecule has 4 aromatic carbocycles. The van der Waals surface area contributed by atoms with Crippen molar-refractivity contribution in [1.29, 1.82) is 0 Å². The van der Waals surface area contributed by atoms with Crippen molar-refractivity contribution in [2.24, 2.45) is 0 Å².